The second kappa shape index (κ2) is 11.1. The summed E-state index contributed by atoms with van der Waals surface area (Å²) in [5.74, 6) is 2.22. The molecule has 1 aromatic carbocycles. The van der Waals surface area contributed by atoms with Crippen LogP contribution in [0.25, 0.3) is 22.6 Å². The lowest BCUT2D eigenvalue weighted by atomic mass is 10.0. The second-order valence-electron chi connectivity index (χ2n) is 8.71. The van der Waals surface area contributed by atoms with E-state index in [1.165, 1.54) is 0 Å². The number of benzene rings is 1. The first kappa shape index (κ1) is 25.1. The van der Waals surface area contributed by atoms with Crippen LogP contribution in [0.5, 0.6) is 5.75 Å². The molecule has 10 heteroatoms. The quantitative estimate of drug-likeness (QED) is 0.337. The molecule has 2 aromatic heterocycles. The molecule has 2 atom stereocenters. The van der Waals surface area contributed by atoms with Crippen molar-refractivity contribution < 1.29 is 24.2 Å². The molecule has 0 aliphatic carbocycles. The Morgan fingerprint density at radius 2 is 1.97 bits per heavy atom. The molecule has 1 aliphatic rings. The maximum atomic E-state index is 10.3. The minimum atomic E-state index is -0.704. The Morgan fingerprint density at radius 3 is 2.60 bits per heavy atom. The zero-order valence-electron chi connectivity index (χ0n) is 20.5. The Bertz CT molecular complexity index is 1120. The highest BCUT2D eigenvalue weighted by Gasteiger charge is 2.24. The van der Waals surface area contributed by atoms with E-state index < -0.39 is 12.3 Å². The molecule has 0 spiro atoms. The molecule has 2 unspecified atom stereocenters. The van der Waals surface area contributed by atoms with Crippen LogP contribution in [0.4, 0.5) is 5.82 Å². The van der Waals surface area contributed by atoms with E-state index >= 15 is 0 Å². The summed E-state index contributed by atoms with van der Waals surface area (Å²) < 4.78 is 16.8. The summed E-state index contributed by atoms with van der Waals surface area (Å²) in [6.45, 7) is 6.44. The van der Waals surface area contributed by atoms with Crippen molar-refractivity contribution in [2.24, 2.45) is 0 Å². The van der Waals surface area contributed by atoms with E-state index in [0.29, 0.717) is 53.3 Å². The Morgan fingerprint density at radius 1 is 1.20 bits per heavy atom. The number of aromatic nitrogens is 3. The molecule has 0 bridgehead atoms. The number of hydrogen-bond donors (Lipinski definition) is 4. The first-order valence-corrected chi connectivity index (χ1v) is 11.8. The van der Waals surface area contributed by atoms with Crippen molar-refractivity contribution in [1.29, 1.82) is 0 Å². The van der Waals surface area contributed by atoms with Gasteiger partial charge in [0.05, 0.1) is 23.6 Å². The number of aliphatic hydroxyl groups is 2. The van der Waals surface area contributed by atoms with Gasteiger partial charge in [-0.15, -0.1) is 0 Å². The van der Waals surface area contributed by atoms with Crippen molar-refractivity contribution in [2.75, 3.05) is 25.6 Å². The minimum absolute atomic E-state index is 0.173. The van der Waals surface area contributed by atoms with E-state index in [0.717, 1.165) is 24.0 Å². The summed E-state index contributed by atoms with van der Waals surface area (Å²) in [5, 5.41) is 30.8. The number of likely N-dealkylation sites (N-methyl/N-ethyl adjacent to an activating group) is 1. The molecular weight excluding hydrogens is 450 g/mol. The number of nitrogens with zero attached hydrogens (tertiary/aromatic N) is 3. The highest BCUT2D eigenvalue weighted by Crippen LogP contribution is 2.35. The van der Waals surface area contributed by atoms with E-state index in [1.807, 2.05) is 38.1 Å². The van der Waals surface area contributed by atoms with Crippen molar-refractivity contribution in [3.05, 3.63) is 41.3 Å². The molecule has 0 radical (unpaired) electrons. The lowest BCUT2D eigenvalue weighted by molar-refractivity contribution is 0.0321. The zero-order valence-corrected chi connectivity index (χ0v) is 20.5. The van der Waals surface area contributed by atoms with Gasteiger partial charge in [-0.2, -0.15) is 0 Å². The SMILES string of the molecule is CNC(Oc1cccc(-c2nc(NC3CCOCC3)c(CO)c(-c3c(C)noc3C)n2)c1)C(C)O. The summed E-state index contributed by atoms with van der Waals surface area (Å²) >= 11 is 0. The van der Waals surface area contributed by atoms with Gasteiger partial charge in [0.2, 0.25) is 0 Å². The van der Waals surface area contributed by atoms with Crippen molar-refractivity contribution in [1.82, 2.24) is 20.4 Å². The monoisotopic (exact) mass is 483 g/mol. The van der Waals surface area contributed by atoms with Gasteiger partial charge < -0.3 is 29.5 Å². The largest absolute Gasteiger partial charge is 0.473 e. The third kappa shape index (κ3) is 5.62. The Balaban J connectivity index is 1.80. The molecule has 3 heterocycles. The van der Waals surface area contributed by atoms with Gasteiger partial charge in [0.15, 0.2) is 12.1 Å². The number of aliphatic hydroxyl groups excluding tert-OH is 2. The van der Waals surface area contributed by atoms with E-state index in [9.17, 15) is 10.2 Å². The average Bonchev–Trinajstić information content (AvgIpc) is 3.20. The van der Waals surface area contributed by atoms with Crippen LogP contribution in [-0.4, -0.2) is 64.0 Å². The highest BCUT2D eigenvalue weighted by atomic mass is 16.5. The smallest absolute Gasteiger partial charge is 0.175 e. The fourth-order valence-electron chi connectivity index (χ4n) is 4.20. The van der Waals surface area contributed by atoms with Gasteiger partial charge in [-0.3, -0.25) is 5.32 Å². The minimum Gasteiger partial charge on any atom is -0.473 e. The number of aryl methyl sites for hydroxylation is 2. The Labute approximate surface area is 204 Å². The molecule has 35 heavy (non-hydrogen) atoms. The van der Waals surface area contributed by atoms with Crippen molar-refractivity contribution in [2.45, 2.75) is 58.6 Å². The van der Waals surface area contributed by atoms with Crippen LogP contribution in [0.2, 0.25) is 0 Å². The van der Waals surface area contributed by atoms with Crippen LogP contribution in [-0.2, 0) is 11.3 Å². The van der Waals surface area contributed by atoms with Crippen molar-refractivity contribution >= 4 is 5.82 Å². The Hall–Kier alpha value is -3.05. The van der Waals surface area contributed by atoms with Crippen LogP contribution >= 0.6 is 0 Å². The number of nitrogens with one attached hydrogen (secondary N) is 2. The van der Waals surface area contributed by atoms with Gasteiger partial charge in [-0.1, -0.05) is 17.3 Å². The normalized spacial score (nSPS) is 16.2. The zero-order chi connectivity index (χ0) is 24.9. The molecule has 0 amide bonds. The molecule has 1 fully saturated rings. The summed E-state index contributed by atoms with van der Waals surface area (Å²) in [4.78, 5) is 9.67. The summed E-state index contributed by atoms with van der Waals surface area (Å²) in [6, 6.07) is 7.56. The van der Waals surface area contributed by atoms with Crippen LogP contribution < -0.4 is 15.4 Å². The lowest BCUT2D eigenvalue weighted by Gasteiger charge is -2.25. The molecular formula is C25H33N5O5. The summed E-state index contributed by atoms with van der Waals surface area (Å²) in [6.07, 6.45) is 0.425. The van der Waals surface area contributed by atoms with Crippen molar-refractivity contribution in [3.8, 4) is 28.4 Å². The third-order valence-electron chi connectivity index (χ3n) is 6.08. The molecule has 3 aromatic rings. The van der Waals surface area contributed by atoms with E-state index in [1.54, 1.807) is 14.0 Å². The third-order valence-corrected chi connectivity index (χ3v) is 6.08. The second-order valence-corrected chi connectivity index (χ2v) is 8.71. The summed E-state index contributed by atoms with van der Waals surface area (Å²) in [7, 11) is 1.72. The number of ether oxygens (including phenoxy) is 2. The van der Waals surface area contributed by atoms with Gasteiger partial charge in [0, 0.05) is 30.4 Å². The lowest BCUT2D eigenvalue weighted by Crippen LogP contribution is -2.40. The number of anilines is 1. The first-order valence-electron chi connectivity index (χ1n) is 11.8. The van der Waals surface area contributed by atoms with Crippen LogP contribution in [0.3, 0.4) is 0 Å². The molecule has 1 saturated heterocycles. The van der Waals surface area contributed by atoms with Gasteiger partial charge in [-0.25, -0.2) is 9.97 Å². The molecule has 4 rings (SSSR count). The van der Waals surface area contributed by atoms with Crippen LogP contribution in [0, 0.1) is 13.8 Å². The van der Waals surface area contributed by atoms with E-state index in [-0.39, 0.29) is 12.6 Å². The van der Waals surface area contributed by atoms with E-state index in [2.05, 4.69) is 15.8 Å². The fourth-order valence-corrected chi connectivity index (χ4v) is 4.20. The van der Waals surface area contributed by atoms with Crippen molar-refractivity contribution in [3.63, 3.8) is 0 Å². The average molecular weight is 484 g/mol. The number of rotatable bonds is 9. The fraction of sp³-hybridized carbons (Fsp3) is 0.480. The predicted molar refractivity (Wildman–Crippen MR) is 131 cm³/mol. The molecule has 4 N–H and O–H groups in total. The maximum Gasteiger partial charge on any atom is 0.175 e. The van der Waals surface area contributed by atoms with Gasteiger partial charge in [0.1, 0.15) is 23.4 Å². The van der Waals surface area contributed by atoms with Gasteiger partial charge in [0.25, 0.3) is 0 Å². The van der Waals surface area contributed by atoms with Gasteiger partial charge >= 0.3 is 0 Å². The number of hydrogen-bond acceptors (Lipinski definition) is 10. The van der Waals surface area contributed by atoms with Gasteiger partial charge in [-0.05, 0) is 52.8 Å². The summed E-state index contributed by atoms with van der Waals surface area (Å²) in [5.41, 5.74) is 3.32. The van der Waals surface area contributed by atoms with Crippen LogP contribution in [0.1, 0.15) is 36.8 Å². The topological polar surface area (TPSA) is 135 Å². The molecule has 188 valence electrons. The molecule has 10 nitrogen and oxygen atoms in total. The Kier molecular flexibility index (Phi) is 7.97. The maximum absolute atomic E-state index is 10.3. The standard InChI is InChI=1S/C25H33N5O5/c1-14-21(16(3)35-30-14)22-20(13-31)24(27-18-8-10-33-11-9-18)29-23(28-22)17-6-5-7-19(12-17)34-25(26-4)15(2)32/h5-7,12,15,18,25-26,31-32H,8-11,13H2,1-4H3,(H,27,28,29). The highest BCUT2D eigenvalue weighted by molar-refractivity contribution is 5.75. The van der Waals surface area contributed by atoms with E-state index in [4.69, 9.17) is 24.0 Å². The van der Waals surface area contributed by atoms with Crippen LogP contribution in [0.15, 0.2) is 28.8 Å². The molecule has 1 aliphatic heterocycles. The molecule has 0 saturated carbocycles. The predicted octanol–water partition coefficient (Wildman–Crippen LogP) is 2.80. The first-order chi connectivity index (χ1) is 16.9.